The first-order valence-corrected chi connectivity index (χ1v) is 16.4. The Labute approximate surface area is 288 Å². The lowest BCUT2D eigenvalue weighted by molar-refractivity contribution is -0.135. The molecule has 1 saturated heterocycles. The summed E-state index contributed by atoms with van der Waals surface area (Å²) in [6.07, 6.45) is 1.65. The molecule has 1 aliphatic rings. The van der Waals surface area contributed by atoms with Crippen molar-refractivity contribution in [1.29, 1.82) is 0 Å². The monoisotopic (exact) mass is 715 g/mol. The highest BCUT2D eigenvalue weighted by Gasteiger charge is 2.37. The number of amides is 3. The van der Waals surface area contributed by atoms with Crippen LogP contribution < -0.4 is 20.1 Å². The standard InChI is InChI=1S/C37H38BrN3O7/c1-45-34-20-26(12-19-33(34)40-37(44)39-32-11-7-6-10-31(32)38)21-35(42)41-28(23-47-22-25-8-4-3-5-9-25)15-16-29(41)24-48-30-17-13-27(14-18-30)36(43)46-2/h3-14,17-20,28-29H,15-16,21-24H2,1-2H3,(H2,39,40,44). The predicted molar refractivity (Wildman–Crippen MR) is 187 cm³/mol. The number of para-hydroxylation sites is 1. The van der Waals surface area contributed by atoms with Gasteiger partial charge in [-0.05, 0) is 88.4 Å². The molecule has 0 bridgehead atoms. The summed E-state index contributed by atoms with van der Waals surface area (Å²) in [5.41, 5.74) is 3.33. The third-order valence-corrected chi connectivity index (χ3v) is 8.73. The van der Waals surface area contributed by atoms with Crippen molar-refractivity contribution in [3.63, 3.8) is 0 Å². The minimum atomic E-state index is -0.429. The number of nitrogens with zero attached hydrogens (tertiary/aromatic N) is 1. The zero-order valence-electron chi connectivity index (χ0n) is 26.8. The Hall–Kier alpha value is -4.87. The number of rotatable bonds is 13. The Balaban J connectivity index is 1.26. The van der Waals surface area contributed by atoms with E-state index in [1.54, 1.807) is 48.5 Å². The molecule has 2 atom stereocenters. The van der Waals surface area contributed by atoms with Gasteiger partial charge in [-0.1, -0.05) is 48.5 Å². The average molecular weight is 717 g/mol. The van der Waals surface area contributed by atoms with Crippen LogP contribution in [-0.2, 0) is 27.3 Å². The van der Waals surface area contributed by atoms with E-state index in [0.29, 0.717) is 41.7 Å². The summed E-state index contributed by atoms with van der Waals surface area (Å²) < 4.78 is 23.3. The summed E-state index contributed by atoms with van der Waals surface area (Å²) >= 11 is 3.43. The van der Waals surface area contributed by atoms with Gasteiger partial charge in [0.15, 0.2) is 0 Å². The van der Waals surface area contributed by atoms with E-state index in [1.165, 1.54) is 14.2 Å². The quantitative estimate of drug-likeness (QED) is 0.142. The van der Waals surface area contributed by atoms with Gasteiger partial charge in [0, 0.05) is 4.47 Å². The number of urea groups is 1. The predicted octanol–water partition coefficient (Wildman–Crippen LogP) is 7.09. The van der Waals surface area contributed by atoms with Crippen molar-refractivity contribution >= 4 is 45.2 Å². The molecular weight excluding hydrogens is 678 g/mol. The first-order chi connectivity index (χ1) is 23.3. The molecule has 5 rings (SSSR count). The molecule has 0 saturated carbocycles. The van der Waals surface area contributed by atoms with Gasteiger partial charge in [-0.15, -0.1) is 0 Å². The smallest absolute Gasteiger partial charge is 0.337 e. The molecule has 4 aromatic rings. The SMILES string of the molecule is COC(=O)c1ccc(OCC2CCC(COCc3ccccc3)N2C(=O)Cc2ccc(NC(=O)Nc3ccccc3Br)c(OC)c2)cc1. The zero-order chi connectivity index (χ0) is 33.9. The van der Waals surface area contributed by atoms with Gasteiger partial charge >= 0.3 is 12.0 Å². The molecule has 1 aliphatic heterocycles. The molecule has 0 aliphatic carbocycles. The van der Waals surface area contributed by atoms with Crippen LogP contribution in [0.4, 0.5) is 16.2 Å². The lowest BCUT2D eigenvalue weighted by Gasteiger charge is -2.30. The Morgan fingerprint density at radius 2 is 1.48 bits per heavy atom. The lowest BCUT2D eigenvalue weighted by atomic mass is 10.1. The molecule has 3 amide bonds. The maximum absolute atomic E-state index is 14.0. The number of carbonyl (C=O) groups excluding carboxylic acids is 3. The van der Waals surface area contributed by atoms with Crippen LogP contribution in [-0.4, -0.2) is 62.3 Å². The second-order valence-electron chi connectivity index (χ2n) is 11.3. The minimum Gasteiger partial charge on any atom is -0.495 e. The summed E-state index contributed by atoms with van der Waals surface area (Å²) in [4.78, 5) is 40.4. The fourth-order valence-corrected chi connectivity index (χ4v) is 6.02. The number of ether oxygens (including phenoxy) is 4. The van der Waals surface area contributed by atoms with Crippen LogP contribution in [0, 0.1) is 0 Å². The molecule has 1 fully saturated rings. The van der Waals surface area contributed by atoms with Crippen LogP contribution in [0.3, 0.4) is 0 Å². The van der Waals surface area contributed by atoms with E-state index in [9.17, 15) is 14.4 Å². The van der Waals surface area contributed by atoms with Gasteiger partial charge in [-0.2, -0.15) is 0 Å². The Morgan fingerprint density at radius 1 is 0.792 bits per heavy atom. The number of halogens is 1. The number of benzene rings is 4. The summed E-state index contributed by atoms with van der Waals surface area (Å²) in [5, 5.41) is 5.63. The normalized spacial score (nSPS) is 15.4. The summed E-state index contributed by atoms with van der Waals surface area (Å²) in [6, 6.07) is 28.5. The molecule has 1 heterocycles. The van der Waals surface area contributed by atoms with Gasteiger partial charge in [-0.25, -0.2) is 9.59 Å². The second kappa shape index (κ2) is 16.8. The van der Waals surface area contributed by atoms with Crippen molar-refractivity contribution in [2.24, 2.45) is 0 Å². The van der Waals surface area contributed by atoms with Crippen LogP contribution in [0.2, 0.25) is 0 Å². The van der Waals surface area contributed by atoms with Crippen LogP contribution >= 0.6 is 15.9 Å². The van der Waals surface area contributed by atoms with E-state index >= 15 is 0 Å². The molecule has 11 heteroatoms. The average Bonchev–Trinajstić information content (AvgIpc) is 3.52. The number of methoxy groups -OCH3 is 2. The zero-order valence-corrected chi connectivity index (χ0v) is 28.4. The maximum Gasteiger partial charge on any atom is 0.337 e. The van der Waals surface area contributed by atoms with Crippen LogP contribution in [0.15, 0.2) is 102 Å². The molecular formula is C37H38BrN3O7. The summed E-state index contributed by atoms with van der Waals surface area (Å²) in [7, 11) is 2.86. The highest BCUT2D eigenvalue weighted by Crippen LogP contribution is 2.30. The largest absolute Gasteiger partial charge is 0.495 e. The number of nitrogens with one attached hydrogen (secondary N) is 2. The van der Waals surface area contributed by atoms with Crippen molar-refractivity contribution < 1.29 is 33.3 Å². The molecule has 0 aromatic heterocycles. The topological polar surface area (TPSA) is 115 Å². The van der Waals surface area contributed by atoms with E-state index in [0.717, 1.165) is 28.4 Å². The van der Waals surface area contributed by atoms with E-state index in [1.807, 2.05) is 53.4 Å². The second-order valence-corrected chi connectivity index (χ2v) is 12.1. The number of carbonyl (C=O) groups is 3. The third-order valence-electron chi connectivity index (χ3n) is 8.04. The van der Waals surface area contributed by atoms with E-state index in [-0.39, 0.29) is 31.0 Å². The van der Waals surface area contributed by atoms with Crippen molar-refractivity contribution in [2.45, 2.75) is 38.0 Å². The summed E-state index contributed by atoms with van der Waals surface area (Å²) in [6.45, 7) is 1.13. The minimum absolute atomic E-state index is 0.0649. The summed E-state index contributed by atoms with van der Waals surface area (Å²) in [5.74, 6) is 0.541. The van der Waals surface area contributed by atoms with Crippen molar-refractivity contribution in [3.05, 3.63) is 118 Å². The molecule has 250 valence electrons. The first kappa shape index (κ1) is 34.5. The Kier molecular flexibility index (Phi) is 12.1. The van der Waals surface area contributed by atoms with E-state index < -0.39 is 12.0 Å². The molecule has 2 unspecified atom stereocenters. The maximum atomic E-state index is 14.0. The Bertz CT molecular complexity index is 1700. The van der Waals surface area contributed by atoms with E-state index in [2.05, 4.69) is 26.6 Å². The highest BCUT2D eigenvalue weighted by atomic mass is 79.9. The lowest BCUT2D eigenvalue weighted by Crippen LogP contribution is -2.46. The van der Waals surface area contributed by atoms with Gasteiger partial charge < -0.3 is 34.5 Å². The number of hydrogen-bond acceptors (Lipinski definition) is 7. The van der Waals surface area contributed by atoms with Crippen molar-refractivity contribution in [1.82, 2.24) is 4.90 Å². The molecule has 0 radical (unpaired) electrons. The third kappa shape index (κ3) is 9.14. The number of anilines is 2. The van der Waals surface area contributed by atoms with Gasteiger partial charge in [-0.3, -0.25) is 4.79 Å². The highest BCUT2D eigenvalue weighted by molar-refractivity contribution is 9.10. The van der Waals surface area contributed by atoms with Crippen LogP contribution in [0.5, 0.6) is 11.5 Å². The molecule has 0 spiro atoms. The van der Waals surface area contributed by atoms with Gasteiger partial charge in [0.1, 0.15) is 18.1 Å². The fourth-order valence-electron chi connectivity index (χ4n) is 5.63. The van der Waals surface area contributed by atoms with Gasteiger partial charge in [0.2, 0.25) is 5.91 Å². The molecule has 2 N–H and O–H groups in total. The van der Waals surface area contributed by atoms with Gasteiger partial charge in [0.25, 0.3) is 0 Å². The molecule has 48 heavy (non-hydrogen) atoms. The van der Waals surface area contributed by atoms with Crippen LogP contribution in [0.1, 0.15) is 34.3 Å². The van der Waals surface area contributed by atoms with Crippen molar-refractivity contribution in [2.75, 3.05) is 38.1 Å². The van der Waals surface area contributed by atoms with Gasteiger partial charge in [0.05, 0.1) is 62.9 Å². The fraction of sp³-hybridized carbons (Fsp3) is 0.270. The van der Waals surface area contributed by atoms with Crippen LogP contribution in [0.25, 0.3) is 0 Å². The number of likely N-dealkylation sites (tertiary alicyclic amines) is 1. The van der Waals surface area contributed by atoms with E-state index in [4.69, 9.17) is 18.9 Å². The number of hydrogen-bond donors (Lipinski definition) is 2. The first-order valence-electron chi connectivity index (χ1n) is 15.6. The van der Waals surface area contributed by atoms with Crippen molar-refractivity contribution in [3.8, 4) is 11.5 Å². The number of esters is 1. The Morgan fingerprint density at radius 3 is 2.19 bits per heavy atom. The molecule has 10 nitrogen and oxygen atoms in total. The molecule has 4 aromatic carbocycles.